The molecule has 3 aliphatic rings. The van der Waals surface area contributed by atoms with Crippen LogP contribution in [0.4, 0.5) is 11.8 Å². The Balaban J connectivity index is 1.42. The first-order chi connectivity index (χ1) is 17.2. The van der Waals surface area contributed by atoms with Crippen molar-refractivity contribution >= 4 is 17.7 Å². The maximum Gasteiger partial charge on any atom is 0.245 e. The summed E-state index contributed by atoms with van der Waals surface area (Å²) in [5.41, 5.74) is 2.78. The van der Waals surface area contributed by atoms with Crippen LogP contribution in [0.2, 0.25) is 0 Å². The average Bonchev–Trinajstić information content (AvgIpc) is 3.49. The molecule has 9 nitrogen and oxygen atoms in total. The average molecular weight is 493 g/mol. The van der Waals surface area contributed by atoms with Crippen molar-refractivity contribution in [2.24, 2.45) is 16.7 Å². The van der Waals surface area contributed by atoms with Gasteiger partial charge < -0.3 is 15.1 Å². The van der Waals surface area contributed by atoms with E-state index in [1.54, 1.807) is 6.20 Å². The Hall–Kier alpha value is -2.97. The van der Waals surface area contributed by atoms with E-state index >= 15 is 0 Å². The topological polar surface area (TPSA) is 92.1 Å². The van der Waals surface area contributed by atoms with Gasteiger partial charge in [-0.3, -0.25) is 4.79 Å². The molecule has 0 radical (unpaired) electrons. The smallest absolute Gasteiger partial charge is 0.245 e. The zero-order valence-electron chi connectivity index (χ0n) is 22.2. The van der Waals surface area contributed by atoms with E-state index in [0.29, 0.717) is 5.92 Å². The summed E-state index contributed by atoms with van der Waals surface area (Å²) >= 11 is 0. The standard InChI is InChI=1S/C27H40N8O/c1-6-23(36)34-17-27(18-34)11-13-33(16-27)25-29-21-15-26(4,5)10-9-20(21)24(31-25)30-22(8-7-19(2)3)35-14-12-28-32-35/h6,12,14,19,22H,1,7-11,13,15-18H2,2-5H3,(H,29,30,31). The zero-order valence-corrected chi connectivity index (χ0v) is 22.2. The molecule has 0 bridgehead atoms. The number of likely N-dealkylation sites (tertiary alicyclic amines) is 1. The van der Waals surface area contributed by atoms with E-state index in [-0.39, 0.29) is 22.9 Å². The van der Waals surface area contributed by atoms with Crippen molar-refractivity contribution in [2.45, 2.75) is 72.4 Å². The van der Waals surface area contributed by atoms with E-state index in [4.69, 9.17) is 9.97 Å². The van der Waals surface area contributed by atoms with Crippen molar-refractivity contribution in [3.63, 3.8) is 0 Å². The van der Waals surface area contributed by atoms with Crippen molar-refractivity contribution in [2.75, 3.05) is 36.4 Å². The molecule has 2 saturated heterocycles. The van der Waals surface area contributed by atoms with Gasteiger partial charge in [0.2, 0.25) is 11.9 Å². The summed E-state index contributed by atoms with van der Waals surface area (Å²) < 4.78 is 1.91. The number of nitrogens with zero attached hydrogens (tertiary/aromatic N) is 7. The summed E-state index contributed by atoms with van der Waals surface area (Å²) in [5.74, 6) is 2.37. The van der Waals surface area contributed by atoms with E-state index in [2.05, 4.69) is 54.8 Å². The van der Waals surface area contributed by atoms with Gasteiger partial charge in [0, 0.05) is 43.4 Å². The predicted molar refractivity (Wildman–Crippen MR) is 141 cm³/mol. The van der Waals surface area contributed by atoms with Crippen LogP contribution in [0, 0.1) is 16.7 Å². The molecule has 5 rings (SSSR count). The molecule has 2 aromatic heterocycles. The highest BCUT2D eigenvalue weighted by Gasteiger charge is 2.49. The fraction of sp³-hybridized carbons (Fsp3) is 0.667. The molecule has 1 N–H and O–H groups in total. The Kier molecular flexibility index (Phi) is 6.51. The summed E-state index contributed by atoms with van der Waals surface area (Å²) in [6.07, 6.45) is 11.2. The van der Waals surface area contributed by atoms with Crippen molar-refractivity contribution in [1.29, 1.82) is 0 Å². The number of fused-ring (bicyclic) bond motifs is 1. The van der Waals surface area contributed by atoms with Crippen LogP contribution in [0.3, 0.4) is 0 Å². The van der Waals surface area contributed by atoms with Crippen LogP contribution in [0.25, 0.3) is 0 Å². The molecule has 1 atom stereocenters. The number of carbonyl (C=O) groups excluding carboxylic acids is 1. The second-order valence-electron chi connectivity index (χ2n) is 12.2. The maximum atomic E-state index is 12.0. The van der Waals surface area contributed by atoms with Crippen LogP contribution in [-0.2, 0) is 17.6 Å². The van der Waals surface area contributed by atoms with Crippen LogP contribution in [-0.4, -0.2) is 61.9 Å². The van der Waals surface area contributed by atoms with Gasteiger partial charge in [-0.05, 0) is 55.9 Å². The lowest BCUT2D eigenvalue weighted by Gasteiger charge is -2.47. The van der Waals surface area contributed by atoms with Gasteiger partial charge in [-0.25, -0.2) is 9.67 Å². The Labute approximate surface area is 214 Å². The number of anilines is 2. The minimum Gasteiger partial charge on any atom is -0.348 e. The highest BCUT2D eigenvalue weighted by Crippen LogP contribution is 2.42. The zero-order chi connectivity index (χ0) is 25.5. The molecule has 1 unspecified atom stereocenters. The summed E-state index contributed by atoms with van der Waals surface area (Å²) in [7, 11) is 0. The van der Waals surface area contributed by atoms with Crippen LogP contribution >= 0.6 is 0 Å². The SMILES string of the molecule is C=CC(=O)N1CC2(CCN(c3nc4c(c(NC(CCC(C)C)n5ccnn5)n3)CCC(C)(C)C4)C2)C1. The second kappa shape index (κ2) is 9.48. The molecule has 36 heavy (non-hydrogen) atoms. The number of hydrogen-bond acceptors (Lipinski definition) is 7. The van der Waals surface area contributed by atoms with Crippen LogP contribution in [0.5, 0.6) is 0 Å². The maximum absolute atomic E-state index is 12.0. The molecule has 2 fully saturated rings. The van der Waals surface area contributed by atoms with Crippen LogP contribution in [0.15, 0.2) is 25.0 Å². The van der Waals surface area contributed by atoms with Gasteiger partial charge in [-0.1, -0.05) is 39.5 Å². The minimum atomic E-state index is -0.00767. The molecule has 0 aromatic carbocycles. The predicted octanol–water partition coefficient (Wildman–Crippen LogP) is 3.85. The third-order valence-corrected chi connectivity index (χ3v) is 8.12. The number of nitrogens with one attached hydrogen (secondary N) is 1. The van der Waals surface area contributed by atoms with Gasteiger partial charge in [-0.2, -0.15) is 4.98 Å². The molecule has 1 aliphatic carbocycles. The van der Waals surface area contributed by atoms with E-state index in [0.717, 1.165) is 82.2 Å². The van der Waals surface area contributed by atoms with Gasteiger partial charge in [-0.15, -0.1) is 5.10 Å². The normalized spacial score (nSPS) is 20.8. The van der Waals surface area contributed by atoms with Crippen LogP contribution < -0.4 is 10.2 Å². The van der Waals surface area contributed by atoms with Crippen molar-refractivity contribution in [1.82, 2.24) is 29.9 Å². The second-order valence-corrected chi connectivity index (χ2v) is 12.2. The highest BCUT2D eigenvalue weighted by molar-refractivity contribution is 5.87. The minimum absolute atomic E-state index is 0.00767. The largest absolute Gasteiger partial charge is 0.348 e. The van der Waals surface area contributed by atoms with Crippen molar-refractivity contribution in [3.05, 3.63) is 36.3 Å². The van der Waals surface area contributed by atoms with Gasteiger partial charge in [0.05, 0.1) is 11.9 Å². The Bertz CT molecular complexity index is 1100. The van der Waals surface area contributed by atoms with E-state index < -0.39 is 0 Å². The molecular weight excluding hydrogens is 452 g/mol. The van der Waals surface area contributed by atoms with Gasteiger partial charge in [0.25, 0.3) is 0 Å². The quantitative estimate of drug-likeness (QED) is 0.560. The number of hydrogen-bond donors (Lipinski definition) is 1. The van der Waals surface area contributed by atoms with Crippen LogP contribution in [0.1, 0.15) is 70.8 Å². The van der Waals surface area contributed by atoms with Crippen molar-refractivity contribution in [3.8, 4) is 0 Å². The summed E-state index contributed by atoms with van der Waals surface area (Å²) in [4.78, 5) is 26.5. The highest BCUT2D eigenvalue weighted by atomic mass is 16.2. The Morgan fingerprint density at radius 1 is 1.19 bits per heavy atom. The molecule has 2 aliphatic heterocycles. The molecule has 0 saturated carbocycles. The Morgan fingerprint density at radius 2 is 2.00 bits per heavy atom. The van der Waals surface area contributed by atoms with Gasteiger partial charge in [0.15, 0.2) is 0 Å². The number of amides is 1. The molecular formula is C27H40N8O. The monoisotopic (exact) mass is 492 g/mol. The summed E-state index contributed by atoms with van der Waals surface area (Å²) in [6, 6.07) is 0. The van der Waals surface area contributed by atoms with E-state index in [1.807, 2.05) is 15.8 Å². The number of aromatic nitrogens is 5. The first-order valence-corrected chi connectivity index (χ1v) is 13.4. The lowest BCUT2D eigenvalue weighted by Crippen LogP contribution is -2.59. The molecule has 1 spiro atoms. The number of carbonyl (C=O) groups is 1. The lowest BCUT2D eigenvalue weighted by molar-refractivity contribution is -0.136. The lowest BCUT2D eigenvalue weighted by atomic mass is 9.76. The first kappa shape index (κ1) is 24.7. The summed E-state index contributed by atoms with van der Waals surface area (Å²) in [6.45, 7) is 16.2. The third-order valence-electron chi connectivity index (χ3n) is 8.12. The van der Waals surface area contributed by atoms with E-state index in [1.165, 1.54) is 11.6 Å². The molecule has 2 aromatic rings. The summed E-state index contributed by atoms with van der Waals surface area (Å²) in [5, 5.41) is 12.1. The molecule has 1 amide bonds. The molecule has 4 heterocycles. The van der Waals surface area contributed by atoms with E-state index in [9.17, 15) is 4.79 Å². The third kappa shape index (κ3) is 4.97. The fourth-order valence-corrected chi connectivity index (χ4v) is 5.91. The fourth-order valence-electron chi connectivity index (χ4n) is 5.91. The van der Waals surface area contributed by atoms with Gasteiger partial charge in [0.1, 0.15) is 12.0 Å². The first-order valence-electron chi connectivity index (χ1n) is 13.4. The molecule has 194 valence electrons. The Morgan fingerprint density at radius 3 is 2.69 bits per heavy atom. The molecule has 9 heteroatoms. The van der Waals surface area contributed by atoms with Crippen molar-refractivity contribution < 1.29 is 4.79 Å². The van der Waals surface area contributed by atoms with Gasteiger partial charge >= 0.3 is 0 Å². The number of rotatable bonds is 8.